The quantitative estimate of drug-likeness (QED) is 0.771. The Morgan fingerprint density at radius 1 is 1.20 bits per heavy atom. The van der Waals surface area contributed by atoms with Crippen LogP contribution in [0.25, 0.3) is 0 Å². The zero-order chi connectivity index (χ0) is 11.5. The third-order valence-electron chi connectivity index (χ3n) is 3.63. The van der Waals surface area contributed by atoms with E-state index in [0.717, 1.165) is 11.8 Å². The minimum atomic E-state index is 0.437. The van der Waals surface area contributed by atoms with Crippen molar-refractivity contribution < 1.29 is 0 Å². The summed E-state index contributed by atoms with van der Waals surface area (Å²) in [5, 5.41) is 3.46. The summed E-state index contributed by atoms with van der Waals surface area (Å²) in [5.41, 5.74) is 0.437. The SMILES string of the molecule is CN(C)CC(C1CCNCC1)C(C)(C)C. The molecule has 15 heavy (non-hydrogen) atoms. The molecule has 0 amide bonds. The average Bonchev–Trinajstić information content (AvgIpc) is 2.14. The lowest BCUT2D eigenvalue weighted by Gasteiger charge is -2.40. The van der Waals surface area contributed by atoms with Gasteiger partial charge in [0.05, 0.1) is 0 Å². The van der Waals surface area contributed by atoms with Crippen molar-refractivity contribution in [2.75, 3.05) is 33.7 Å². The summed E-state index contributed by atoms with van der Waals surface area (Å²) in [6, 6.07) is 0. The highest BCUT2D eigenvalue weighted by Gasteiger charge is 2.32. The van der Waals surface area contributed by atoms with Gasteiger partial charge in [0, 0.05) is 6.54 Å². The summed E-state index contributed by atoms with van der Waals surface area (Å²) in [7, 11) is 4.39. The van der Waals surface area contributed by atoms with E-state index in [1.165, 1.54) is 32.5 Å². The highest BCUT2D eigenvalue weighted by Crippen LogP contribution is 2.36. The van der Waals surface area contributed by atoms with Crippen LogP contribution in [0.4, 0.5) is 0 Å². The molecule has 0 saturated carbocycles. The predicted octanol–water partition coefficient (Wildman–Crippen LogP) is 2.21. The van der Waals surface area contributed by atoms with Gasteiger partial charge in [0.1, 0.15) is 0 Å². The van der Waals surface area contributed by atoms with E-state index in [1.807, 2.05) is 0 Å². The van der Waals surface area contributed by atoms with Crippen molar-refractivity contribution in [2.45, 2.75) is 33.6 Å². The molecule has 2 nitrogen and oxygen atoms in total. The van der Waals surface area contributed by atoms with Gasteiger partial charge in [-0.25, -0.2) is 0 Å². The van der Waals surface area contributed by atoms with Crippen molar-refractivity contribution in [1.82, 2.24) is 10.2 Å². The van der Waals surface area contributed by atoms with E-state index < -0.39 is 0 Å². The highest BCUT2D eigenvalue weighted by molar-refractivity contribution is 4.84. The lowest BCUT2D eigenvalue weighted by atomic mass is 9.70. The van der Waals surface area contributed by atoms with Gasteiger partial charge in [-0.1, -0.05) is 20.8 Å². The van der Waals surface area contributed by atoms with Gasteiger partial charge in [-0.05, 0) is 57.3 Å². The first-order valence-electron chi connectivity index (χ1n) is 6.26. The molecule has 0 radical (unpaired) electrons. The number of rotatable bonds is 3. The van der Waals surface area contributed by atoms with Crippen LogP contribution in [-0.2, 0) is 0 Å². The van der Waals surface area contributed by atoms with E-state index in [-0.39, 0.29) is 0 Å². The van der Waals surface area contributed by atoms with Gasteiger partial charge in [0.15, 0.2) is 0 Å². The van der Waals surface area contributed by atoms with Crippen LogP contribution in [0.5, 0.6) is 0 Å². The van der Waals surface area contributed by atoms with Crippen molar-refractivity contribution in [2.24, 2.45) is 17.3 Å². The summed E-state index contributed by atoms with van der Waals surface area (Å²) >= 11 is 0. The first-order valence-corrected chi connectivity index (χ1v) is 6.26. The lowest BCUT2D eigenvalue weighted by Crippen LogP contribution is -2.41. The van der Waals surface area contributed by atoms with Crippen LogP contribution in [0.15, 0.2) is 0 Å². The van der Waals surface area contributed by atoms with E-state index in [0.29, 0.717) is 5.41 Å². The Morgan fingerprint density at radius 2 is 1.73 bits per heavy atom. The smallest absolute Gasteiger partial charge is 0.00112 e. The van der Waals surface area contributed by atoms with E-state index in [4.69, 9.17) is 0 Å². The molecule has 1 N–H and O–H groups in total. The Labute approximate surface area is 95.4 Å². The number of hydrogen-bond donors (Lipinski definition) is 1. The molecule has 1 aliphatic rings. The molecular weight excluding hydrogens is 184 g/mol. The molecule has 0 aromatic rings. The van der Waals surface area contributed by atoms with Crippen LogP contribution in [-0.4, -0.2) is 38.6 Å². The number of nitrogens with one attached hydrogen (secondary N) is 1. The molecule has 1 saturated heterocycles. The molecule has 0 aromatic heterocycles. The second-order valence-corrected chi connectivity index (χ2v) is 6.32. The van der Waals surface area contributed by atoms with Crippen molar-refractivity contribution in [1.29, 1.82) is 0 Å². The third kappa shape index (κ3) is 4.12. The van der Waals surface area contributed by atoms with Gasteiger partial charge >= 0.3 is 0 Å². The standard InChI is InChI=1S/C13H28N2/c1-13(2,3)12(10-15(4)5)11-6-8-14-9-7-11/h11-12,14H,6-10H2,1-5H3. The van der Waals surface area contributed by atoms with Gasteiger partial charge in [-0.2, -0.15) is 0 Å². The maximum Gasteiger partial charge on any atom is 0.00112 e. The Hall–Kier alpha value is -0.0800. The molecular formula is C13H28N2. The summed E-state index contributed by atoms with van der Waals surface area (Å²) in [4.78, 5) is 2.35. The summed E-state index contributed by atoms with van der Waals surface area (Å²) < 4.78 is 0. The largest absolute Gasteiger partial charge is 0.317 e. The van der Waals surface area contributed by atoms with E-state index >= 15 is 0 Å². The Morgan fingerprint density at radius 3 is 2.13 bits per heavy atom. The molecule has 0 aliphatic carbocycles. The predicted molar refractivity (Wildman–Crippen MR) is 67.1 cm³/mol. The van der Waals surface area contributed by atoms with Crippen LogP contribution in [0, 0.1) is 17.3 Å². The molecule has 1 unspecified atom stereocenters. The molecule has 0 aromatic carbocycles. The number of hydrogen-bond acceptors (Lipinski definition) is 2. The van der Waals surface area contributed by atoms with Gasteiger partial charge in [-0.3, -0.25) is 0 Å². The van der Waals surface area contributed by atoms with Crippen LogP contribution in [0.1, 0.15) is 33.6 Å². The van der Waals surface area contributed by atoms with Crippen LogP contribution < -0.4 is 5.32 Å². The van der Waals surface area contributed by atoms with Gasteiger partial charge < -0.3 is 10.2 Å². The Kier molecular flexibility index (Phi) is 4.60. The Bertz CT molecular complexity index is 175. The fourth-order valence-corrected chi connectivity index (χ4v) is 2.77. The van der Waals surface area contributed by atoms with E-state index in [1.54, 1.807) is 0 Å². The minimum Gasteiger partial charge on any atom is -0.317 e. The molecule has 1 rings (SSSR count). The summed E-state index contributed by atoms with van der Waals surface area (Å²) in [6.45, 7) is 10.8. The highest BCUT2D eigenvalue weighted by atomic mass is 15.1. The normalized spacial score (nSPS) is 22.0. The molecule has 90 valence electrons. The van der Waals surface area contributed by atoms with Crippen molar-refractivity contribution in [3.8, 4) is 0 Å². The second kappa shape index (κ2) is 5.31. The molecule has 1 heterocycles. The number of nitrogens with zero attached hydrogens (tertiary/aromatic N) is 1. The van der Waals surface area contributed by atoms with Crippen LogP contribution >= 0.6 is 0 Å². The van der Waals surface area contributed by atoms with Crippen molar-refractivity contribution in [3.63, 3.8) is 0 Å². The minimum absolute atomic E-state index is 0.437. The lowest BCUT2D eigenvalue weighted by molar-refractivity contribution is 0.0983. The summed E-state index contributed by atoms with van der Waals surface area (Å²) in [5.74, 6) is 1.74. The average molecular weight is 212 g/mol. The number of piperidine rings is 1. The second-order valence-electron chi connectivity index (χ2n) is 6.32. The van der Waals surface area contributed by atoms with Gasteiger partial charge in [0.2, 0.25) is 0 Å². The fraction of sp³-hybridized carbons (Fsp3) is 1.00. The zero-order valence-corrected chi connectivity index (χ0v) is 11.1. The first-order chi connectivity index (χ1) is 6.91. The molecule has 1 atom stereocenters. The van der Waals surface area contributed by atoms with Gasteiger partial charge in [-0.15, -0.1) is 0 Å². The maximum atomic E-state index is 3.46. The first kappa shape index (κ1) is 13.0. The zero-order valence-electron chi connectivity index (χ0n) is 11.1. The van der Waals surface area contributed by atoms with Gasteiger partial charge in [0.25, 0.3) is 0 Å². The van der Waals surface area contributed by atoms with Crippen molar-refractivity contribution >= 4 is 0 Å². The molecule has 1 aliphatic heterocycles. The molecule has 0 bridgehead atoms. The molecule has 0 spiro atoms. The van der Waals surface area contributed by atoms with E-state index in [9.17, 15) is 0 Å². The van der Waals surface area contributed by atoms with Crippen LogP contribution in [0.2, 0.25) is 0 Å². The van der Waals surface area contributed by atoms with Crippen molar-refractivity contribution in [3.05, 3.63) is 0 Å². The summed E-state index contributed by atoms with van der Waals surface area (Å²) in [6.07, 6.45) is 2.71. The third-order valence-corrected chi connectivity index (χ3v) is 3.63. The topological polar surface area (TPSA) is 15.3 Å². The van der Waals surface area contributed by atoms with E-state index in [2.05, 4.69) is 45.1 Å². The maximum absolute atomic E-state index is 3.46. The molecule has 2 heteroatoms. The van der Waals surface area contributed by atoms with Crippen LogP contribution in [0.3, 0.4) is 0 Å². The fourth-order valence-electron chi connectivity index (χ4n) is 2.77. The monoisotopic (exact) mass is 212 g/mol. The Balaban J connectivity index is 2.61. The molecule has 1 fully saturated rings.